The van der Waals surface area contributed by atoms with E-state index in [0.29, 0.717) is 22.6 Å². The number of carbonyl (C=O) groups is 1. The van der Waals surface area contributed by atoms with Gasteiger partial charge in [0.15, 0.2) is 5.78 Å². The van der Waals surface area contributed by atoms with Gasteiger partial charge in [-0.1, -0.05) is 12.1 Å². The molecule has 0 spiro atoms. The molecule has 0 unspecified atom stereocenters. The Morgan fingerprint density at radius 1 is 1.13 bits per heavy atom. The van der Waals surface area contributed by atoms with Crippen LogP contribution in [0, 0.1) is 10.1 Å². The maximum Gasteiger partial charge on any atom is 0.276 e. The molecule has 0 amide bonds. The molecule has 6 heteroatoms. The molecule has 0 saturated heterocycles. The predicted octanol–water partition coefficient (Wildman–Crippen LogP) is 3.51. The quantitative estimate of drug-likeness (QED) is 0.353. The molecule has 2 aromatic rings. The third-order valence-electron chi connectivity index (χ3n) is 3.22. The van der Waals surface area contributed by atoms with E-state index in [1.54, 1.807) is 36.4 Å². The molecule has 0 fully saturated rings. The highest BCUT2D eigenvalue weighted by Gasteiger charge is 2.13. The van der Waals surface area contributed by atoms with Crippen molar-refractivity contribution in [2.75, 3.05) is 14.2 Å². The molecule has 0 saturated carbocycles. The summed E-state index contributed by atoms with van der Waals surface area (Å²) in [7, 11) is 2.97. The summed E-state index contributed by atoms with van der Waals surface area (Å²) in [6.45, 7) is 0. The van der Waals surface area contributed by atoms with E-state index in [1.165, 1.54) is 32.4 Å². The van der Waals surface area contributed by atoms with E-state index in [-0.39, 0.29) is 11.5 Å². The van der Waals surface area contributed by atoms with Gasteiger partial charge >= 0.3 is 0 Å². The normalized spacial score (nSPS) is 10.5. The standard InChI is InChI=1S/C17H15NO5/c1-22-13-8-9-14(17(11-13)23-2)16(19)10-7-12-5-3-4-6-15(12)18(20)21/h3-11H,1-2H3/b10-7+. The van der Waals surface area contributed by atoms with E-state index in [4.69, 9.17) is 9.47 Å². The third-order valence-corrected chi connectivity index (χ3v) is 3.22. The van der Waals surface area contributed by atoms with E-state index < -0.39 is 4.92 Å². The molecule has 0 aliphatic rings. The highest BCUT2D eigenvalue weighted by atomic mass is 16.6. The highest BCUT2D eigenvalue weighted by Crippen LogP contribution is 2.26. The van der Waals surface area contributed by atoms with Crippen LogP contribution in [0.15, 0.2) is 48.5 Å². The van der Waals surface area contributed by atoms with Crippen molar-refractivity contribution in [3.63, 3.8) is 0 Å². The molecule has 23 heavy (non-hydrogen) atoms. The number of nitro groups is 1. The number of ketones is 1. The van der Waals surface area contributed by atoms with E-state index in [1.807, 2.05) is 0 Å². The highest BCUT2D eigenvalue weighted by molar-refractivity contribution is 6.08. The van der Waals surface area contributed by atoms with Crippen molar-refractivity contribution in [3.8, 4) is 11.5 Å². The summed E-state index contributed by atoms with van der Waals surface area (Å²) in [5, 5.41) is 11.0. The van der Waals surface area contributed by atoms with Gasteiger partial charge in [-0.05, 0) is 30.4 Å². The Morgan fingerprint density at radius 3 is 2.52 bits per heavy atom. The Kier molecular flexibility index (Phi) is 5.09. The summed E-state index contributed by atoms with van der Waals surface area (Å²) in [6, 6.07) is 11.0. The molecule has 0 aliphatic heterocycles. The average molecular weight is 313 g/mol. The second kappa shape index (κ2) is 7.22. The minimum absolute atomic E-state index is 0.0572. The first-order valence-corrected chi connectivity index (χ1v) is 6.74. The molecule has 0 aliphatic carbocycles. The Bertz CT molecular complexity index is 767. The van der Waals surface area contributed by atoms with Crippen molar-refractivity contribution in [2.24, 2.45) is 0 Å². The fraction of sp³-hybridized carbons (Fsp3) is 0.118. The van der Waals surface area contributed by atoms with Gasteiger partial charge in [0.05, 0.1) is 30.3 Å². The molecule has 0 heterocycles. The van der Waals surface area contributed by atoms with Gasteiger partial charge in [-0.2, -0.15) is 0 Å². The topological polar surface area (TPSA) is 78.7 Å². The molecule has 2 rings (SSSR count). The van der Waals surface area contributed by atoms with Crippen molar-refractivity contribution < 1.29 is 19.2 Å². The zero-order chi connectivity index (χ0) is 16.8. The largest absolute Gasteiger partial charge is 0.497 e. The zero-order valence-corrected chi connectivity index (χ0v) is 12.7. The van der Waals surface area contributed by atoms with Gasteiger partial charge in [0, 0.05) is 12.1 Å². The van der Waals surface area contributed by atoms with Gasteiger partial charge in [-0.3, -0.25) is 14.9 Å². The summed E-state index contributed by atoms with van der Waals surface area (Å²) < 4.78 is 10.3. The summed E-state index contributed by atoms with van der Waals surface area (Å²) in [6.07, 6.45) is 2.71. The van der Waals surface area contributed by atoms with Crippen molar-refractivity contribution in [1.82, 2.24) is 0 Å². The smallest absolute Gasteiger partial charge is 0.276 e. The van der Waals surface area contributed by atoms with Crippen LogP contribution in [0.4, 0.5) is 5.69 Å². The molecule has 0 bridgehead atoms. The number of benzene rings is 2. The first kappa shape index (κ1) is 16.2. The molecular formula is C17H15NO5. The Labute approximate surface area is 133 Å². The Balaban J connectivity index is 2.31. The minimum Gasteiger partial charge on any atom is -0.497 e. The number of nitro benzene ring substituents is 1. The van der Waals surface area contributed by atoms with Crippen molar-refractivity contribution in [2.45, 2.75) is 0 Å². The average Bonchev–Trinajstić information content (AvgIpc) is 2.59. The fourth-order valence-electron chi connectivity index (χ4n) is 2.05. The molecule has 0 radical (unpaired) electrons. The maximum atomic E-state index is 12.3. The lowest BCUT2D eigenvalue weighted by Gasteiger charge is -2.07. The van der Waals surface area contributed by atoms with E-state index in [9.17, 15) is 14.9 Å². The first-order chi connectivity index (χ1) is 11.1. The van der Waals surface area contributed by atoms with Crippen LogP contribution < -0.4 is 9.47 Å². The minimum atomic E-state index is -0.488. The van der Waals surface area contributed by atoms with Gasteiger partial charge < -0.3 is 9.47 Å². The van der Waals surface area contributed by atoms with Crippen LogP contribution in [0.2, 0.25) is 0 Å². The second-order valence-electron chi connectivity index (χ2n) is 4.58. The number of hydrogen-bond donors (Lipinski definition) is 0. The summed E-state index contributed by atoms with van der Waals surface area (Å²) in [5.74, 6) is 0.630. The molecule has 0 N–H and O–H groups in total. The number of hydrogen-bond acceptors (Lipinski definition) is 5. The van der Waals surface area contributed by atoms with Crippen molar-refractivity contribution in [3.05, 3.63) is 69.8 Å². The number of rotatable bonds is 6. The number of nitrogens with zero attached hydrogens (tertiary/aromatic N) is 1. The van der Waals surface area contributed by atoms with Gasteiger partial charge in [-0.15, -0.1) is 0 Å². The van der Waals surface area contributed by atoms with Gasteiger partial charge in [0.2, 0.25) is 0 Å². The van der Waals surface area contributed by atoms with E-state index >= 15 is 0 Å². The molecule has 2 aromatic carbocycles. The van der Waals surface area contributed by atoms with Crippen LogP contribution in [0.5, 0.6) is 11.5 Å². The summed E-state index contributed by atoms with van der Waals surface area (Å²) in [4.78, 5) is 22.8. The number of carbonyl (C=O) groups excluding carboxylic acids is 1. The van der Waals surface area contributed by atoms with Gasteiger partial charge in [0.1, 0.15) is 11.5 Å². The van der Waals surface area contributed by atoms with Crippen LogP contribution in [-0.4, -0.2) is 24.9 Å². The first-order valence-electron chi connectivity index (χ1n) is 6.74. The van der Waals surface area contributed by atoms with Crippen LogP contribution in [-0.2, 0) is 0 Å². The number of methoxy groups -OCH3 is 2. The van der Waals surface area contributed by atoms with E-state index in [0.717, 1.165) is 0 Å². The lowest BCUT2D eigenvalue weighted by atomic mass is 10.1. The Hall–Kier alpha value is -3.15. The molecule has 6 nitrogen and oxygen atoms in total. The second-order valence-corrected chi connectivity index (χ2v) is 4.58. The summed E-state index contributed by atoms with van der Waals surface area (Å²) in [5.41, 5.74) is 0.653. The van der Waals surface area contributed by atoms with Crippen LogP contribution in [0.25, 0.3) is 6.08 Å². The molecule has 0 atom stereocenters. The number of para-hydroxylation sites is 1. The maximum absolute atomic E-state index is 12.3. The van der Waals surface area contributed by atoms with Crippen molar-refractivity contribution in [1.29, 1.82) is 0 Å². The van der Waals surface area contributed by atoms with E-state index in [2.05, 4.69) is 0 Å². The lowest BCUT2D eigenvalue weighted by Crippen LogP contribution is -1.99. The van der Waals surface area contributed by atoms with Gasteiger partial charge in [-0.25, -0.2) is 0 Å². The van der Waals surface area contributed by atoms with Gasteiger partial charge in [0.25, 0.3) is 5.69 Å². The molecule has 118 valence electrons. The number of allylic oxidation sites excluding steroid dienone is 1. The van der Waals surface area contributed by atoms with Crippen LogP contribution in [0.1, 0.15) is 15.9 Å². The lowest BCUT2D eigenvalue weighted by molar-refractivity contribution is -0.385. The Morgan fingerprint density at radius 2 is 1.87 bits per heavy atom. The number of ether oxygens (including phenoxy) is 2. The fourth-order valence-corrected chi connectivity index (χ4v) is 2.05. The monoisotopic (exact) mass is 313 g/mol. The molecular weight excluding hydrogens is 298 g/mol. The van der Waals surface area contributed by atoms with Crippen molar-refractivity contribution >= 4 is 17.5 Å². The van der Waals surface area contributed by atoms with Crippen LogP contribution in [0.3, 0.4) is 0 Å². The third kappa shape index (κ3) is 3.74. The molecule has 0 aromatic heterocycles. The summed E-state index contributed by atoms with van der Waals surface area (Å²) >= 11 is 0. The predicted molar refractivity (Wildman–Crippen MR) is 86.0 cm³/mol. The van der Waals surface area contributed by atoms with Crippen LogP contribution >= 0.6 is 0 Å². The zero-order valence-electron chi connectivity index (χ0n) is 12.7. The SMILES string of the molecule is COc1ccc(C(=O)/C=C/c2ccccc2[N+](=O)[O-])c(OC)c1.